The minimum atomic E-state index is -4.43. The van der Waals surface area contributed by atoms with Gasteiger partial charge in [-0.3, -0.25) is 0 Å². The van der Waals surface area contributed by atoms with Gasteiger partial charge in [0.05, 0.1) is 25.0 Å². The van der Waals surface area contributed by atoms with Gasteiger partial charge >= 0.3 is 6.18 Å². The number of ether oxygens (including phenoxy) is 3. The molecule has 1 aromatic heterocycles. The first-order valence-corrected chi connectivity index (χ1v) is 9.55. The summed E-state index contributed by atoms with van der Waals surface area (Å²) in [5, 5.41) is 0.582. The van der Waals surface area contributed by atoms with Crippen LogP contribution in [-0.2, 0) is 28.0 Å². The van der Waals surface area contributed by atoms with Crippen LogP contribution in [0.25, 0.3) is 0 Å². The van der Waals surface area contributed by atoms with Crippen molar-refractivity contribution >= 4 is 11.6 Å². The summed E-state index contributed by atoms with van der Waals surface area (Å²) in [4.78, 5) is 4.04. The number of aromatic nitrogens is 2. The quantitative estimate of drug-likeness (QED) is 0.549. The second-order valence-corrected chi connectivity index (χ2v) is 7.32. The van der Waals surface area contributed by atoms with Crippen molar-refractivity contribution in [2.24, 2.45) is 0 Å². The third-order valence-corrected chi connectivity index (χ3v) is 4.94. The fourth-order valence-electron chi connectivity index (χ4n) is 3.25. The summed E-state index contributed by atoms with van der Waals surface area (Å²) in [7, 11) is 0. The Hall–Kier alpha value is -2.55. The number of hydrogen-bond acceptors (Lipinski definition) is 4. The third kappa shape index (κ3) is 4.61. The van der Waals surface area contributed by atoms with Crippen molar-refractivity contribution in [3.8, 4) is 5.75 Å². The van der Waals surface area contributed by atoms with Crippen LogP contribution in [0.2, 0.25) is 5.02 Å². The molecule has 9 heteroatoms. The molecule has 2 heterocycles. The first kappa shape index (κ1) is 20.7. The summed E-state index contributed by atoms with van der Waals surface area (Å²) in [6.07, 6.45) is 0.187. The van der Waals surface area contributed by atoms with Crippen molar-refractivity contribution in [2.45, 2.75) is 24.6 Å². The maximum atomic E-state index is 12.9. The summed E-state index contributed by atoms with van der Waals surface area (Å²) in [5.41, 5.74) is 0.00128. The van der Waals surface area contributed by atoms with E-state index in [1.54, 1.807) is 30.9 Å². The summed E-state index contributed by atoms with van der Waals surface area (Å²) in [5.74, 6) is -0.973. The molecule has 4 rings (SSSR count). The Labute approximate surface area is 176 Å². The smallest absolute Gasteiger partial charge is 0.416 e. The van der Waals surface area contributed by atoms with Crippen LogP contribution in [0, 0.1) is 0 Å². The standard InChI is InChI=1S/C21H18ClF3N2O3/c22-17-6-4-15(5-7-17)20(13-27-9-8-26-14-27)29-12-19(30-20)11-28-18-3-1-2-16(10-18)21(23,24)25/h1-10,14,19H,11-13H2/t19-,20-/m1/s1. The number of rotatable bonds is 6. The highest BCUT2D eigenvalue weighted by Crippen LogP contribution is 2.37. The third-order valence-electron chi connectivity index (χ3n) is 4.69. The van der Waals surface area contributed by atoms with Gasteiger partial charge in [0.1, 0.15) is 18.5 Å². The van der Waals surface area contributed by atoms with Crippen LogP contribution in [0.3, 0.4) is 0 Å². The Morgan fingerprint density at radius 2 is 2.00 bits per heavy atom. The van der Waals surface area contributed by atoms with Gasteiger partial charge in [-0.1, -0.05) is 29.8 Å². The molecule has 1 saturated heterocycles. The summed E-state index contributed by atoms with van der Waals surface area (Å²) in [6.45, 7) is 0.603. The molecule has 158 valence electrons. The highest BCUT2D eigenvalue weighted by molar-refractivity contribution is 6.30. The van der Waals surface area contributed by atoms with E-state index in [1.807, 2.05) is 16.7 Å². The Morgan fingerprint density at radius 3 is 2.70 bits per heavy atom. The van der Waals surface area contributed by atoms with Crippen molar-refractivity contribution in [1.29, 1.82) is 0 Å². The molecule has 0 amide bonds. The first-order valence-electron chi connectivity index (χ1n) is 9.18. The molecule has 0 saturated carbocycles. The SMILES string of the molecule is FC(F)(F)c1cccc(OC[C@@H]2CO[C@@](Cn3ccnc3)(c3ccc(Cl)cc3)O2)c1. The topological polar surface area (TPSA) is 45.5 Å². The molecule has 0 radical (unpaired) electrons. The van der Waals surface area contributed by atoms with Crippen molar-refractivity contribution in [3.05, 3.63) is 83.4 Å². The molecule has 0 spiro atoms. The molecule has 0 unspecified atom stereocenters. The molecular weight excluding hydrogens is 421 g/mol. The van der Waals surface area contributed by atoms with Crippen LogP contribution >= 0.6 is 11.6 Å². The average molecular weight is 439 g/mol. The van der Waals surface area contributed by atoms with Gasteiger partial charge < -0.3 is 18.8 Å². The lowest BCUT2D eigenvalue weighted by molar-refractivity contribution is -0.189. The van der Waals surface area contributed by atoms with Crippen molar-refractivity contribution < 1.29 is 27.4 Å². The van der Waals surface area contributed by atoms with Crippen LogP contribution in [0.15, 0.2) is 67.3 Å². The van der Waals surface area contributed by atoms with E-state index in [2.05, 4.69) is 4.98 Å². The molecule has 2 atom stereocenters. The second kappa shape index (κ2) is 8.29. The van der Waals surface area contributed by atoms with E-state index in [0.717, 1.165) is 17.7 Å². The highest BCUT2D eigenvalue weighted by atomic mass is 35.5. The fraction of sp³-hybridized carbons (Fsp3) is 0.286. The van der Waals surface area contributed by atoms with E-state index in [-0.39, 0.29) is 19.0 Å². The normalized spacial score (nSPS) is 21.7. The van der Waals surface area contributed by atoms with Gasteiger partial charge in [-0.15, -0.1) is 0 Å². The molecule has 1 aliphatic rings. The first-order chi connectivity index (χ1) is 14.3. The number of hydrogen-bond donors (Lipinski definition) is 0. The molecular formula is C21H18ClF3N2O3. The van der Waals surface area contributed by atoms with Gasteiger partial charge in [0.2, 0.25) is 5.79 Å². The number of alkyl halides is 3. The van der Waals surface area contributed by atoms with Crippen LogP contribution in [0.4, 0.5) is 13.2 Å². The summed E-state index contributed by atoms with van der Waals surface area (Å²) >= 11 is 6.00. The lowest BCUT2D eigenvalue weighted by Crippen LogP contribution is -2.34. The molecule has 0 N–H and O–H groups in total. The number of halogens is 4. The van der Waals surface area contributed by atoms with Gasteiger partial charge in [-0.05, 0) is 30.3 Å². The second-order valence-electron chi connectivity index (χ2n) is 6.88. The van der Waals surface area contributed by atoms with Crippen molar-refractivity contribution in [1.82, 2.24) is 9.55 Å². The fourth-order valence-corrected chi connectivity index (χ4v) is 3.37. The van der Waals surface area contributed by atoms with E-state index < -0.39 is 23.6 Å². The van der Waals surface area contributed by atoms with Crippen LogP contribution in [-0.4, -0.2) is 28.9 Å². The predicted octanol–water partition coefficient (Wildman–Crippen LogP) is 4.90. The van der Waals surface area contributed by atoms with Crippen molar-refractivity contribution in [3.63, 3.8) is 0 Å². The molecule has 1 fully saturated rings. The van der Waals surface area contributed by atoms with Gasteiger partial charge in [-0.25, -0.2) is 4.98 Å². The van der Waals surface area contributed by atoms with Crippen LogP contribution < -0.4 is 4.74 Å². The maximum Gasteiger partial charge on any atom is 0.416 e. The molecule has 2 aromatic carbocycles. The largest absolute Gasteiger partial charge is 0.491 e. The minimum absolute atomic E-state index is 0.0422. The maximum absolute atomic E-state index is 12.9. The minimum Gasteiger partial charge on any atom is -0.491 e. The predicted molar refractivity (Wildman–Crippen MR) is 103 cm³/mol. The number of benzene rings is 2. The van der Waals surface area contributed by atoms with E-state index in [4.69, 9.17) is 25.8 Å². The average Bonchev–Trinajstić information content (AvgIpc) is 3.37. The Morgan fingerprint density at radius 1 is 1.20 bits per heavy atom. The van der Waals surface area contributed by atoms with E-state index >= 15 is 0 Å². The summed E-state index contributed by atoms with van der Waals surface area (Å²) < 4.78 is 58.3. The molecule has 3 aromatic rings. The molecule has 30 heavy (non-hydrogen) atoms. The zero-order chi connectivity index (χ0) is 21.2. The van der Waals surface area contributed by atoms with E-state index in [1.165, 1.54) is 12.1 Å². The van der Waals surface area contributed by atoms with Gasteiger partial charge in [0, 0.05) is 23.0 Å². The van der Waals surface area contributed by atoms with Crippen LogP contribution in [0.1, 0.15) is 11.1 Å². The molecule has 5 nitrogen and oxygen atoms in total. The van der Waals surface area contributed by atoms with Gasteiger partial charge in [-0.2, -0.15) is 13.2 Å². The zero-order valence-corrected chi connectivity index (χ0v) is 16.4. The Balaban J connectivity index is 1.48. The zero-order valence-electron chi connectivity index (χ0n) is 15.7. The van der Waals surface area contributed by atoms with Gasteiger partial charge in [0.15, 0.2) is 0 Å². The Kier molecular flexibility index (Phi) is 5.73. The van der Waals surface area contributed by atoms with Gasteiger partial charge in [0.25, 0.3) is 0 Å². The lowest BCUT2D eigenvalue weighted by atomic mass is 10.1. The summed E-state index contributed by atoms with van der Waals surface area (Å²) in [6, 6.07) is 11.9. The Bertz CT molecular complexity index is 980. The molecule has 1 aliphatic heterocycles. The highest BCUT2D eigenvalue weighted by Gasteiger charge is 2.44. The number of nitrogens with zero attached hydrogens (tertiary/aromatic N) is 2. The molecule has 0 aliphatic carbocycles. The monoisotopic (exact) mass is 438 g/mol. The van der Waals surface area contributed by atoms with E-state index in [0.29, 0.717) is 11.6 Å². The number of imidazole rings is 1. The van der Waals surface area contributed by atoms with Crippen molar-refractivity contribution in [2.75, 3.05) is 13.2 Å². The van der Waals surface area contributed by atoms with Crippen LogP contribution in [0.5, 0.6) is 5.75 Å². The lowest BCUT2D eigenvalue weighted by Gasteiger charge is -2.29. The van der Waals surface area contributed by atoms with E-state index in [9.17, 15) is 13.2 Å². The molecule has 0 bridgehead atoms.